The number of methoxy groups -OCH3 is 2. The number of Topliss-reactive ketones (excluding diaryl/α,β-unsaturated/α-hetero) is 1. The molecule has 7 heteroatoms. The van der Waals surface area contributed by atoms with Crippen molar-refractivity contribution in [2.24, 2.45) is 0 Å². The number of hydrogen-bond acceptors (Lipinski definition) is 5. The van der Waals surface area contributed by atoms with Crippen molar-refractivity contribution >= 4 is 17.4 Å². The zero-order chi connectivity index (χ0) is 21.0. The Morgan fingerprint density at radius 1 is 1.07 bits per heavy atom. The van der Waals surface area contributed by atoms with Crippen LogP contribution in [0.15, 0.2) is 54.1 Å². The maximum Gasteiger partial charge on any atom is 0.295 e. The number of halogens is 1. The normalized spacial score (nSPS) is 18.3. The van der Waals surface area contributed by atoms with Gasteiger partial charge in [0.15, 0.2) is 0 Å². The van der Waals surface area contributed by atoms with E-state index < -0.39 is 23.5 Å². The maximum atomic E-state index is 13.4. The minimum absolute atomic E-state index is 0.0239. The van der Waals surface area contributed by atoms with Crippen LogP contribution in [0.5, 0.6) is 5.75 Å². The van der Waals surface area contributed by atoms with E-state index in [2.05, 4.69) is 0 Å². The fourth-order valence-corrected chi connectivity index (χ4v) is 3.39. The molecule has 1 N–H and O–H groups in total. The molecule has 1 heterocycles. The second-order valence-electron chi connectivity index (χ2n) is 6.62. The Balaban J connectivity index is 2.09. The first-order valence-corrected chi connectivity index (χ1v) is 9.15. The Morgan fingerprint density at radius 3 is 2.31 bits per heavy atom. The van der Waals surface area contributed by atoms with Gasteiger partial charge >= 0.3 is 0 Å². The minimum Gasteiger partial charge on any atom is -0.507 e. The number of ether oxygens (including phenoxy) is 2. The molecule has 1 aliphatic rings. The number of rotatable bonds is 7. The summed E-state index contributed by atoms with van der Waals surface area (Å²) in [6.07, 6.45) is 0.518. The first kappa shape index (κ1) is 20.5. The number of amides is 1. The summed E-state index contributed by atoms with van der Waals surface area (Å²) in [6.45, 7) is 0.678. The lowest BCUT2D eigenvalue weighted by molar-refractivity contribution is -0.140. The van der Waals surface area contributed by atoms with Gasteiger partial charge in [-0.3, -0.25) is 9.59 Å². The highest BCUT2D eigenvalue weighted by molar-refractivity contribution is 6.46. The van der Waals surface area contributed by atoms with Crippen molar-refractivity contribution in [3.63, 3.8) is 0 Å². The van der Waals surface area contributed by atoms with Crippen LogP contribution in [-0.4, -0.2) is 49.1 Å². The molecule has 0 radical (unpaired) electrons. The highest BCUT2D eigenvalue weighted by Gasteiger charge is 2.45. The number of hydrogen-bond donors (Lipinski definition) is 1. The van der Waals surface area contributed by atoms with Crippen LogP contribution in [0.4, 0.5) is 4.39 Å². The molecule has 1 aliphatic heterocycles. The summed E-state index contributed by atoms with van der Waals surface area (Å²) in [5, 5.41) is 10.9. The summed E-state index contributed by atoms with van der Waals surface area (Å²) >= 11 is 0. The van der Waals surface area contributed by atoms with Gasteiger partial charge in [-0.2, -0.15) is 0 Å². The molecule has 2 aromatic carbocycles. The number of likely N-dealkylation sites (tertiary alicyclic amines) is 1. The molecule has 0 spiro atoms. The van der Waals surface area contributed by atoms with E-state index in [9.17, 15) is 19.1 Å². The van der Waals surface area contributed by atoms with Gasteiger partial charge in [-0.25, -0.2) is 4.39 Å². The van der Waals surface area contributed by atoms with Gasteiger partial charge in [-0.15, -0.1) is 0 Å². The Bertz CT molecular complexity index is 921. The van der Waals surface area contributed by atoms with E-state index in [0.29, 0.717) is 29.9 Å². The summed E-state index contributed by atoms with van der Waals surface area (Å²) in [5.41, 5.74) is 0.898. The lowest BCUT2D eigenvalue weighted by atomic mass is 9.95. The zero-order valence-corrected chi connectivity index (χ0v) is 16.2. The summed E-state index contributed by atoms with van der Waals surface area (Å²) in [4.78, 5) is 26.9. The third-order valence-electron chi connectivity index (χ3n) is 4.84. The van der Waals surface area contributed by atoms with E-state index in [-0.39, 0.29) is 17.9 Å². The van der Waals surface area contributed by atoms with E-state index in [1.165, 1.54) is 36.3 Å². The first-order chi connectivity index (χ1) is 14.0. The van der Waals surface area contributed by atoms with E-state index in [1.807, 2.05) is 0 Å². The molecule has 1 atom stereocenters. The Kier molecular flexibility index (Phi) is 6.29. The van der Waals surface area contributed by atoms with Crippen LogP contribution >= 0.6 is 0 Å². The average Bonchev–Trinajstić information content (AvgIpc) is 2.99. The maximum absolute atomic E-state index is 13.4. The number of nitrogens with zero attached hydrogens (tertiary/aromatic N) is 1. The lowest BCUT2D eigenvalue weighted by Crippen LogP contribution is -2.31. The highest BCUT2D eigenvalue weighted by atomic mass is 19.1. The summed E-state index contributed by atoms with van der Waals surface area (Å²) in [6, 6.07) is 11.2. The average molecular weight is 399 g/mol. The van der Waals surface area contributed by atoms with Gasteiger partial charge in [-0.1, -0.05) is 12.1 Å². The van der Waals surface area contributed by atoms with Crippen LogP contribution in [0.2, 0.25) is 0 Å². The first-order valence-electron chi connectivity index (χ1n) is 9.15. The molecule has 3 rings (SSSR count). The molecule has 0 aromatic heterocycles. The van der Waals surface area contributed by atoms with Crippen LogP contribution in [0, 0.1) is 5.82 Å². The van der Waals surface area contributed by atoms with Crippen molar-refractivity contribution in [2.45, 2.75) is 12.5 Å². The number of carbonyl (C=O) groups excluding carboxylic acids is 2. The number of carbonyl (C=O) groups is 2. The Labute approximate surface area is 168 Å². The Morgan fingerprint density at radius 2 is 1.72 bits per heavy atom. The lowest BCUT2D eigenvalue weighted by Gasteiger charge is -2.25. The molecule has 0 aliphatic carbocycles. The van der Waals surface area contributed by atoms with Gasteiger partial charge in [-0.05, 0) is 48.4 Å². The van der Waals surface area contributed by atoms with E-state index in [1.54, 1.807) is 31.4 Å². The van der Waals surface area contributed by atoms with Gasteiger partial charge in [0, 0.05) is 25.8 Å². The fraction of sp³-hybridized carbons (Fsp3) is 0.273. The molecular formula is C22H22FNO5. The second kappa shape index (κ2) is 8.87. The monoisotopic (exact) mass is 399 g/mol. The third kappa shape index (κ3) is 4.14. The predicted molar refractivity (Wildman–Crippen MR) is 105 cm³/mol. The highest BCUT2D eigenvalue weighted by Crippen LogP contribution is 2.39. The summed E-state index contributed by atoms with van der Waals surface area (Å²) < 4.78 is 23.6. The molecule has 1 saturated heterocycles. The molecule has 29 heavy (non-hydrogen) atoms. The van der Waals surface area contributed by atoms with Crippen LogP contribution in [-0.2, 0) is 14.3 Å². The molecule has 1 amide bonds. The number of aliphatic hydroxyl groups is 1. The smallest absolute Gasteiger partial charge is 0.295 e. The minimum atomic E-state index is -0.811. The van der Waals surface area contributed by atoms with Gasteiger partial charge < -0.3 is 19.5 Å². The largest absolute Gasteiger partial charge is 0.507 e. The summed E-state index contributed by atoms with van der Waals surface area (Å²) in [5.74, 6) is -1.60. The molecule has 152 valence electrons. The topological polar surface area (TPSA) is 76.1 Å². The number of aliphatic hydroxyl groups excluding tert-OH is 1. The molecule has 0 unspecified atom stereocenters. The van der Waals surface area contributed by atoms with Crippen LogP contribution < -0.4 is 4.74 Å². The molecule has 0 saturated carbocycles. The molecule has 6 nitrogen and oxygen atoms in total. The summed E-state index contributed by atoms with van der Waals surface area (Å²) in [7, 11) is 3.07. The standard InChI is InChI=1S/C22H22FNO5/c1-28-13-3-12-24-19(14-4-8-16(23)9-5-14)18(21(26)22(24)27)20(25)15-6-10-17(29-2)11-7-15/h4-11,19,25H,3,12-13H2,1-2H3/b20-18+/t19-/m1/s1. The zero-order valence-electron chi connectivity index (χ0n) is 16.2. The van der Waals surface area contributed by atoms with Gasteiger partial charge in [0.25, 0.3) is 11.7 Å². The van der Waals surface area contributed by atoms with Crippen molar-refractivity contribution in [2.75, 3.05) is 27.4 Å². The number of benzene rings is 2. The molecular weight excluding hydrogens is 377 g/mol. The van der Waals surface area contributed by atoms with E-state index in [0.717, 1.165) is 0 Å². The van der Waals surface area contributed by atoms with Crippen LogP contribution in [0.3, 0.4) is 0 Å². The van der Waals surface area contributed by atoms with E-state index in [4.69, 9.17) is 9.47 Å². The SMILES string of the molecule is COCCCN1C(=O)C(=O)/C(=C(/O)c2ccc(OC)cc2)[C@H]1c1ccc(F)cc1. The van der Waals surface area contributed by atoms with Crippen LogP contribution in [0.1, 0.15) is 23.6 Å². The third-order valence-corrected chi connectivity index (χ3v) is 4.84. The predicted octanol–water partition coefficient (Wildman–Crippen LogP) is 3.29. The molecule has 0 bridgehead atoms. The second-order valence-corrected chi connectivity index (χ2v) is 6.62. The van der Waals surface area contributed by atoms with Crippen LogP contribution in [0.25, 0.3) is 5.76 Å². The van der Waals surface area contributed by atoms with Crippen molar-refractivity contribution < 1.29 is 28.6 Å². The fourth-order valence-electron chi connectivity index (χ4n) is 3.39. The van der Waals surface area contributed by atoms with Crippen molar-refractivity contribution in [3.05, 3.63) is 71.0 Å². The van der Waals surface area contributed by atoms with Gasteiger partial charge in [0.05, 0.1) is 18.7 Å². The molecule has 2 aromatic rings. The number of ketones is 1. The van der Waals surface area contributed by atoms with Gasteiger partial charge in [0.1, 0.15) is 17.3 Å². The van der Waals surface area contributed by atoms with Gasteiger partial charge in [0.2, 0.25) is 0 Å². The van der Waals surface area contributed by atoms with Crippen molar-refractivity contribution in [1.82, 2.24) is 4.90 Å². The van der Waals surface area contributed by atoms with E-state index >= 15 is 0 Å². The van der Waals surface area contributed by atoms with Crippen molar-refractivity contribution in [3.8, 4) is 5.75 Å². The molecule has 1 fully saturated rings. The van der Waals surface area contributed by atoms with Crippen molar-refractivity contribution in [1.29, 1.82) is 0 Å². The Hall–Kier alpha value is -3.19. The quantitative estimate of drug-likeness (QED) is 0.335.